The molecule has 17 heavy (non-hydrogen) atoms. The van der Waals surface area contributed by atoms with Gasteiger partial charge in [0.2, 0.25) is 0 Å². The maximum Gasteiger partial charge on any atom is 0.272 e. The monoisotopic (exact) mass is 253 g/mol. The maximum absolute atomic E-state index is 12.2. The third-order valence-corrected chi connectivity index (χ3v) is 3.18. The minimum atomic E-state index is -0.0252. The molecule has 0 radical (unpaired) electrons. The van der Waals surface area contributed by atoms with Gasteiger partial charge < -0.3 is 9.80 Å². The van der Waals surface area contributed by atoms with Crippen molar-refractivity contribution in [3.05, 3.63) is 29.0 Å². The summed E-state index contributed by atoms with van der Waals surface area (Å²) in [5.41, 5.74) is 0.432. The molecule has 1 saturated heterocycles. The fraction of sp³-hybridized carbons (Fsp3) is 0.500. The Bertz CT molecular complexity index is 410. The van der Waals surface area contributed by atoms with Crippen LogP contribution in [-0.2, 0) is 0 Å². The average Bonchev–Trinajstić information content (AvgIpc) is 2.53. The normalized spacial score (nSPS) is 17.9. The number of halogens is 1. The topological polar surface area (TPSA) is 36.4 Å². The third-order valence-electron chi connectivity index (χ3n) is 2.95. The number of carbonyl (C=O) groups excluding carboxylic acids is 1. The molecule has 4 nitrogen and oxygen atoms in total. The highest BCUT2D eigenvalue weighted by Crippen LogP contribution is 2.11. The first-order valence-corrected chi connectivity index (χ1v) is 6.14. The minimum Gasteiger partial charge on any atom is -0.336 e. The van der Waals surface area contributed by atoms with E-state index in [1.807, 2.05) is 4.90 Å². The fourth-order valence-electron chi connectivity index (χ4n) is 1.93. The zero-order valence-corrected chi connectivity index (χ0v) is 10.7. The fourth-order valence-corrected chi connectivity index (χ4v) is 2.09. The molecule has 0 atom stereocenters. The van der Waals surface area contributed by atoms with Crippen molar-refractivity contribution in [2.75, 3.05) is 33.2 Å². The molecular formula is C12H16ClN3O. The van der Waals surface area contributed by atoms with Gasteiger partial charge >= 0.3 is 0 Å². The second-order valence-corrected chi connectivity index (χ2v) is 4.74. The molecule has 0 saturated carbocycles. The Balaban J connectivity index is 2.09. The number of pyridine rings is 1. The SMILES string of the molecule is CN1CCCN(C(=O)c2cc(Cl)ccn2)CC1. The van der Waals surface area contributed by atoms with E-state index in [0.29, 0.717) is 10.7 Å². The Morgan fingerprint density at radius 1 is 1.35 bits per heavy atom. The highest BCUT2D eigenvalue weighted by molar-refractivity contribution is 6.30. The van der Waals surface area contributed by atoms with Gasteiger partial charge in [-0.25, -0.2) is 0 Å². The summed E-state index contributed by atoms with van der Waals surface area (Å²) in [6, 6.07) is 3.30. The lowest BCUT2D eigenvalue weighted by Crippen LogP contribution is -2.34. The van der Waals surface area contributed by atoms with Crippen LogP contribution in [0.5, 0.6) is 0 Å². The molecule has 92 valence electrons. The average molecular weight is 254 g/mol. The van der Waals surface area contributed by atoms with Gasteiger partial charge in [0.05, 0.1) is 0 Å². The van der Waals surface area contributed by atoms with E-state index in [1.54, 1.807) is 18.3 Å². The first kappa shape index (κ1) is 12.3. The maximum atomic E-state index is 12.2. The zero-order valence-electron chi connectivity index (χ0n) is 9.90. The van der Waals surface area contributed by atoms with Crippen LogP contribution in [0.15, 0.2) is 18.3 Å². The van der Waals surface area contributed by atoms with Crippen LogP contribution < -0.4 is 0 Å². The van der Waals surface area contributed by atoms with Gasteiger partial charge in [-0.2, -0.15) is 0 Å². The van der Waals surface area contributed by atoms with Crippen LogP contribution in [0.1, 0.15) is 16.9 Å². The number of likely N-dealkylation sites (N-methyl/N-ethyl adjacent to an activating group) is 1. The molecule has 1 aliphatic heterocycles. The van der Waals surface area contributed by atoms with Gasteiger partial charge in [0, 0.05) is 30.9 Å². The number of amides is 1. The molecular weight excluding hydrogens is 238 g/mol. The standard InChI is InChI=1S/C12H16ClN3O/c1-15-5-2-6-16(8-7-15)12(17)11-9-10(13)3-4-14-11/h3-4,9H,2,5-8H2,1H3. The van der Waals surface area contributed by atoms with E-state index in [-0.39, 0.29) is 5.91 Å². The first-order chi connectivity index (χ1) is 8.16. The summed E-state index contributed by atoms with van der Waals surface area (Å²) >= 11 is 5.86. The Hall–Kier alpha value is -1.13. The molecule has 1 aromatic heterocycles. The van der Waals surface area contributed by atoms with Crippen molar-refractivity contribution in [1.29, 1.82) is 0 Å². The Morgan fingerprint density at radius 2 is 2.18 bits per heavy atom. The summed E-state index contributed by atoms with van der Waals surface area (Å²) in [5, 5.41) is 0.551. The highest BCUT2D eigenvalue weighted by atomic mass is 35.5. The van der Waals surface area contributed by atoms with E-state index < -0.39 is 0 Å². The van der Waals surface area contributed by atoms with Crippen LogP contribution in [0.25, 0.3) is 0 Å². The summed E-state index contributed by atoms with van der Waals surface area (Å²) in [7, 11) is 2.08. The molecule has 2 rings (SSSR count). The van der Waals surface area contributed by atoms with Crippen LogP contribution in [0.3, 0.4) is 0 Å². The molecule has 1 aliphatic rings. The molecule has 0 N–H and O–H groups in total. The smallest absolute Gasteiger partial charge is 0.272 e. The second-order valence-electron chi connectivity index (χ2n) is 4.31. The quantitative estimate of drug-likeness (QED) is 0.761. The molecule has 1 amide bonds. The van der Waals surface area contributed by atoms with Gasteiger partial charge in [0.25, 0.3) is 5.91 Å². The number of nitrogens with zero attached hydrogens (tertiary/aromatic N) is 3. The molecule has 2 heterocycles. The minimum absolute atomic E-state index is 0.0252. The number of rotatable bonds is 1. The summed E-state index contributed by atoms with van der Waals surface area (Å²) in [6.07, 6.45) is 2.57. The molecule has 0 aromatic carbocycles. The van der Waals surface area contributed by atoms with Crippen LogP contribution in [0.4, 0.5) is 0 Å². The molecule has 5 heteroatoms. The zero-order chi connectivity index (χ0) is 12.3. The lowest BCUT2D eigenvalue weighted by molar-refractivity contribution is 0.0757. The van der Waals surface area contributed by atoms with E-state index in [4.69, 9.17) is 11.6 Å². The van der Waals surface area contributed by atoms with Gasteiger partial charge in [-0.15, -0.1) is 0 Å². The first-order valence-electron chi connectivity index (χ1n) is 5.76. The van der Waals surface area contributed by atoms with E-state index in [0.717, 1.165) is 32.6 Å². The Kier molecular flexibility index (Phi) is 3.97. The highest BCUT2D eigenvalue weighted by Gasteiger charge is 2.19. The van der Waals surface area contributed by atoms with Crippen LogP contribution in [-0.4, -0.2) is 53.9 Å². The predicted molar refractivity (Wildman–Crippen MR) is 67.3 cm³/mol. The predicted octanol–water partition coefficient (Wildman–Crippen LogP) is 1.51. The van der Waals surface area contributed by atoms with Crippen molar-refractivity contribution in [2.24, 2.45) is 0 Å². The number of hydrogen-bond donors (Lipinski definition) is 0. The van der Waals surface area contributed by atoms with Crippen LogP contribution >= 0.6 is 11.6 Å². The van der Waals surface area contributed by atoms with E-state index in [2.05, 4.69) is 16.9 Å². The van der Waals surface area contributed by atoms with Crippen molar-refractivity contribution < 1.29 is 4.79 Å². The van der Waals surface area contributed by atoms with E-state index >= 15 is 0 Å². The summed E-state index contributed by atoms with van der Waals surface area (Å²) in [6.45, 7) is 3.49. The van der Waals surface area contributed by atoms with Crippen molar-refractivity contribution in [2.45, 2.75) is 6.42 Å². The molecule has 0 unspecified atom stereocenters. The van der Waals surface area contributed by atoms with Gasteiger partial charge in [0.1, 0.15) is 5.69 Å². The summed E-state index contributed by atoms with van der Waals surface area (Å²) < 4.78 is 0. The second kappa shape index (κ2) is 5.47. The van der Waals surface area contributed by atoms with Gasteiger partial charge in [0.15, 0.2) is 0 Å². The number of hydrogen-bond acceptors (Lipinski definition) is 3. The molecule has 0 aliphatic carbocycles. The lowest BCUT2D eigenvalue weighted by Gasteiger charge is -2.20. The van der Waals surface area contributed by atoms with Crippen LogP contribution in [0, 0.1) is 0 Å². The molecule has 1 aromatic rings. The Labute approximate surface area is 106 Å². The largest absolute Gasteiger partial charge is 0.336 e. The molecule has 0 spiro atoms. The Morgan fingerprint density at radius 3 is 2.94 bits per heavy atom. The van der Waals surface area contributed by atoms with Gasteiger partial charge in [-0.05, 0) is 32.1 Å². The van der Waals surface area contributed by atoms with Crippen molar-refractivity contribution in [3.8, 4) is 0 Å². The molecule has 1 fully saturated rings. The van der Waals surface area contributed by atoms with Crippen molar-refractivity contribution in [3.63, 3.8) is 0 Å². The number of aromatic nitrogens is 1. The van der Waals surface area contributed by atoms with Crippen molar-refractivity contribution in [1.82, 2.24) is 14.8 Å². The molecule has 0 bridgehead atoms. The lowest BCUT2D eigenvalue weighted by atomic mass is 10.3. The number of carbonyl (C=O) groups is 1. The third kappa shape index (κ3) is 3.17. The van der Waals surface area contributed by atoms with Crippen LogP contribution in [0.2, 0.25) is 5.02 Å². The van der Waals surface area contributed by atoms with Gasteiger partial charge in [-0.1, -0.05) is 11.6 Å². The van der Waals surface area contributed by atoms with Gasteiger partial charge in [-0.3, -0.25) is 9.78 Å². The summed E-state index contributed by atoms with van der Waals surface area (Å²) in [4.78, 5) is 20.4. The summed E-state index contributed by atoms with van der Waals surface area (Å²) in [5.74, 6) is -0.0252. The van der Waals surface area contributed by atoms with E-state index in [1.165, 1.54) is 0 Å². The van der Waals surface area contributed by atoms with E-state index in [9.17, 15) is 4.79 Å². The van der Waals surface area contributed by atoms with Crippen molar-refractivity contribution >= 4 is 17.5 Å².